The van der Waals surface area contributed by atoms with Crippen LogP contribution in [-0.4, -0.2) is 39.2 Å². The third-order valence-corrected chi connectivity index (χ3v) is 4.76. The van der Waals surface area contributed by atoms with E-state index in [2.05, 4.69) is 10.6 Å². The number of anilines is 2. The molecule has 28 heavy (non-hydrogen) atoms. The number of rotatable bonds is 6. The number of benzene rings is 2. The Labute approximate surface area is 164 Å². The lowest BCUT2D eigenvalue weighted by Gasteiger charge is -2.17. The van der Waals surface area contributed by atoms with Crippen LogP contribution in [0.1, 0.15) is 12.0 Å². The molecule has 3 amide bonds. The molecule has 2 N–H and O–H groups in total. The number of ether oxygens (including phenoxy) is 2. The van der Waals surface area contributed by atoms with E-state index in [1.54, 1.807) is 30.2 Å². The molecule has 0 saturated carbocycles. The zero-order valence-electron chi connectivity index (χ0n) is 16.3. The number of methoxy groups -OCH3 is 2. The summed E-state index contributed by atoms with van der Waals surface area (Å²) in [6, 6.07) is 12.7. The Hall–Kier alpha value is -3.22. The summed E-state index contributed by atoms with van der Waals surface area (Å²) in [5, 5.41) is 5.61. The van der Waals surface area contributed by atoms with Gasteiger partial charge in [-0.2, -0.15) is 0 Å². The van der Waals surface area contributed by atoms with Gasteiger partial charge in [0.25, 0.3) is 0 Å². The van der Waals surface area contributed by atoms with Crippen LogP contribution in [0.3, 0.4) is 0 Å². The predicted octanol–water partition coefficient (Wildman–Crippen LogP) is 3.19. The van der Waals surface area contributed by atoms with Crippen molar-refractivity contribution < 1.29 is 19.1 Å². The number of hydrogen-bond donors (Lipinski definition) is 2. The predicted molar refractivity (Wildman–Crippen MR) is 108 cm³/mol. The molecule has 0 bridgehead atoms. The minimum Gasteiger partial charge on any atom is -0.497 e. The van der Waals surface area contributed by atoms with Gasteiger partial charge in [0.1, 0.15) is 11.5 Å². The Kier molecular flexibility index (Phi) is 6.03. The summed E-state index contributed by atoms with van der Waals surface area (Å²) in [6.07, 6.45) is 0.417. The van der Waals surface area contributed by atoms with Gasteiger partial charge in [0, 0.05) is 37.2 Å². The number of hydrogen-bond acceptors (Lipinski definition) is 4. The average Bonchev–Trinajstić information content (AvgIpc) is 3.08. The lowest BCUT2D eigenvalue weighted by atomic mass is 10.1. The van der Waals surface area contributed by atoms with Crippen LogP contribution < -0.4 is 25.0 Å². The fraction of sp³-hybridized carbons (Fsp3) is 0.333. The lowest BCUT2D eigenvalue weighted by Crippen LogP contribution is -2.34. The molecule has 0 unspecified atom stereocenters. The Balaban J connectivity index is 1.54. The van der Waals surface area contributed by atoms with Crippen LogP contribution in [0.25, 0.3) is 0 Å². The normalized spacial score (nSPS) is 16.0. The number of carbonyl (C=O) groups excluding carboxylic acids is 2. The first-order chi connectivity index (χ1) is 13.5. The first kappa shape index (κ1) is 19.5. The third-order valence-electron chi connectivity index (χ3n) is 4.76. The maximum Gasteiger partial charge on any atom is 0.319 e. The van der Waals surface area contributed by atoms with Crippen LogP contribution in [0.2, 0.25) is 0 Å². The van der Waals surface area contributed by atoms with Gasteiger partial charge >= 0.3 is 6.03 Å². The molecule has 7 heteroatoms. The second-order valence-corrected chi connectivity index (χ2v) is 6.81. The second kappa shape index (κ2) is 8.65. The number of nitrogens with one attached hydrogen (secondary N) is 2. The standard InChI is InChI=1S/C21H25N3O4/c1-14-4-6-16(7-5-14)24-13-15(10-20(24)25)12-22-21(26)23-18-9-8-17(27-2)11-19(18)28-3/h4-9,11,15H,10,12-13H2,1-3H3,(H2,22,23,26)/t15-/m1/s1. The van der Waals surface area contributed by atoms with Gasteiger partial charge < -0.3 is 25.0 Å². The number of nitrogens with zero attached hydrogens (tertiary/aromatic N) is 1. The molecule has 1 saturated heterocycles. The fourth-order valence-corrected chi connectivity index (χ4v) is 3.20. The van der Waals surface area contributed by atoms with Gasteiger partial charge in [0.15, 0.2) is 0 Å². The van der Waals surface area contributed by atoms with Crippen LogP contribution in [-0.2, 0) is 4.79 Å². The van der Waals surface area contributed by atoms with Gasteiger partial charge in [-0.3, -0.25) is 4.79 Å². The molecular weight excluding hydrogens is 358 g/mol. The Morgan fingerprint density at radius 1 is 1.14 bits per heavy atom. The van der Waals surface area contributed by atoms with E-state index in [0.29, 0.717) is 36.7 Å². The van der Waals surface area contributed by atoms with E-state index < -0.39 is 0 Å². The maximum atomic E-state index is 12.3. The molecule has 148 valence electrons. The zero-order chi connectivity index (χ0) is 20.1. The topological polar surface area (TPSA) is 79.9 Å². The van der Waals surface area contributed by atoms with Crippen molar-refractivity contribution in [2.45, 2.75) is 13.3 Å². The van der Waals surface area contributed by atoms with E-state index in [4.69, 9.17) is 9.47 Å². The van der Waals surface area contributed by atoms with E-state index in [0.717, 1.165) is 11.3 Å². The Bertz CT molecular complexity index is 851. The van der Waals surface area contributed by atoms with Crippen molar-refractivity contribution >= 4 is 23.3 Å². The molecule has 1 atom stereocenters. The highest BCUT2D eigenvalue weighted by molar-refractivity contribution is 5.96. The summed E-state index contributed by atoms with van der Waals surface area (Å²) >= 11 is 0. The largest absolute Gasteiger partial charge is 0.497 e. The fourth-order valence-electron chi connectivity index (χ4n) is 3.20. The molecule has 2 aromatic carbocycles. The molecule has 0 aliphatic carbocycles. The monoisotopic (exact) mass is 383 g/mol. The molecular formula is C21H25N3O4. The summed E-state index contributed by atoms with van der Waals surface area (Å²) in [7, 11) is 3.10. The highest BCUT2D eigenvalue weighted by atomic mass is 16.5. The maximum absolute atomic E-state index is 12.3. The van der Waals surface area contributed by atoms with Crippen molar-refractivity contribution in [2.75, 3.05) is 37.5 Å². The first-order valence-electron chi connectivity index (χ1n) is 9.14. The molecule has 1 aliphatic heterocycles. The SMILES string of the molecule is COc1ccc(NC(=O)NC[C@H]2CC(=O)N(c3ccc(C)cc3)C2)c(OC)c1. The van der Waals surface area contributed by atoms with E-state index in [9.17, 15) is 9.59 Å². The molecule has 0 aromatic heterocycles. The van der Waals surface area contributed by atoms with Gasteiger partial charge in [-0.25, -0.2) is 4.79 Å². The quantitative estimate of drug-likeness (QED) is 0.803. The van der Waals surface area contributed by atoms with E-state index in [1.165, 1.54) is 7.11 Å². The first-order valence-corrected chi connectivity index (χ1v) is 9.14. The summed E-state index contributed by atoms with van der Waals surface area (Å²) in [5.74, 6) is 1.30. The summed E-state index contributed by atoms with van der Waals surface area (Å²) in [4.78, 5) is 26.3. The summed E-state index contributed by atoms with van der Waals surface area (Å²) in [5.41, 5.74) is 2.59. The molecule has 7 nitrogen and oxygen atoms in total. The Morgan fingerprint density at radius 2 is 1.89 bits per heavy atom. The van der Waals surface area contributed by atoms with Crippen molar-refractivity contribution in [1.29, 1.82) is 0 Å². The number of amides is 3. The molecule has 0 spiro atoms. The van der Waals surface area contributed by atoms with Crippen molar-refractivity contribution in [3.8, 4) is 11.5 Å². The number of urea groups is 1. The van der Waals surface area contributed by atoms with Gasteiger partial charge in [-0.05, 0) is 31.2 Å². The minimum absolute atomic E-state index is 0.0670. The van der Waals surface area contributed by atoms with Gasteiger partial charge in [0.2, 0.25) is 5.91 Å². The summed E-state index contributed by atoms with van der Waals surface area (Å²) < 4.78 is 10.4. The van der Waals surface area contributed by atoms with E-state index >= 15 is 0 Å². The average molecular weight is 383 g/mol. The van der Waals surface area contributed by atoms with Crippen molar-refractivity contribution in [1.82, 2.24) is 5.32 Å². The zero-order valence-corrected chi connectivity index (χ0v) is 16.3. The van der Waals surface area contributed by atoms with Crippen LogP contribution >= 0.6 is 0 Å². The van der Waals surface area contributed by atoms with Crippen molar-refractivity contribution in [3.05, 3.63) is 48.0 Å². The Morgan fingerprint density at radius 3 is 2.57 bits per heavy atom. The van der Waals surface area contributed by atoms with E-state index in [1.807, 2.05) is 31.2 Å². The molecule has 2 aromatic rings. The van der Waals surface area contributed by atoms with Crippen LogP contribution in [0.4, 0.5) is 16.2 Å². The molecule has 3 rings (SSSR count). The van der Waals surface area contributed by atoms with Crippen LogP contribution in [0, 0.1) is 12.8 Å². The smallest absolute Gasteiger partial charge is 0.319 e. The molecule has 1 aliphatic rings. The molecule has 1 fully saturated rings. The van der Waals surface area contributed by atoms with Gasteiger partial charge in [0.05, 0.1) is 19.9 Å². The highest BCUT2D eigenvalue weighted by Gasteiger charge is 2.30. The van der Waals surface area contributed by atoms with Gasteiger partial charge in [-0.15, -0.1) is 0 Å². The number of aryl methyl sites for hydroxylation is 1. The highest BCUT2D eigenvalue weighted by Crippen LogP contribution is 2.29. The minimum atomic E-state index is -0.343. The summed E-state index contributed by atoms with van der Waals surface area (Å²) in [6.45, 7) is 3.02. The van der Waals surface area contributed by atoms with Crippen LogP contribution in [0.15, 0.2) is 42.5 Å². The van der Waals surface area contributed by atoms with Crippen LogP contribution in [0.5, 0.6) is 11.5 Å². The lowest BCUT2D eigenvalue weighted by molar-refractivity contribution is -0.117. The molecule has 1 heterocycles. The van der Waals surface area contributed by atoms with E-state index in [-0.39, 0.29) is 17.9 Å². The van der Waals surface area contributed by atoms with Crippen molar-refractivity contribution in [3.63, 3.8) is 0 Å². The van der Waals surface area contributed by atoms with Crippen molar-refractivity contribution in [2.24, 2.45) is 5.92 Å². The number of carbonyl (C=O) groups is 2. The van der Waals surface area contributed by atoms with Gasteiger partial charge in [-0.1, -0.05) is 17.7 Å². The third kappa shape index (κ3) is 4.54. The second-order valence-electron chi connectivity index (χ2n) is 6.81. The molecule has 0 radical (unpaired) electrons.